The molecule has 2 aromatic rings. The van der Waals surface area contributed by atoms with Crippen LogP contribution in [-0.2, 0) is 6.54 Å². The highest BCUT2D eigenvalue weighted by Gasteiger charge is 2.13. The lowest BCUT2D eigenvalue weighted by atomic mass is 10.1. The van der Waals surface area contributed by atoms with Crippen molar-refractivity contribution in [2.45, 2.75) is 13.5 Å². The van der Waals surface area contributed by atoms with Crippen molar-refractivity contribution >= 4 is 11.5 Å². The van der Waals surface area contributed by atoms with E-state index in [2.05, 4.69) is 0 Å². The van der Waals surface area contributed by atoms with Crippen LogP contribution >= 0.6 is 0 Å². The molecule has 0 aliphatic carbocycles. The van der Waals surface area contributed by atoms with Gasteiger partial charge in [-0.1, -0.05) is 24.3 Å². The number of nitrogen functional groups attached to an aromatic ring is 1. The fraction of sp³-hybridized carbons (Fsp3) is 0.188. The standard InChI is InChI=1S/C16H17F2N3/c1-2-21(15-6-4-3-5-13(15)17)10-12-8-7-11(16(19)20)9-14(12)18/h3-9H,2,10H2,1H3,(H3,19,20). The third-order valence-electron chi connectivity index (χ3n) is 3.30. The van der Waals surface area contributed by atoms with Crippen LogP contribution in [0.4, 0.5) is 14.5 Å². The summed E-state index contributed by atoms with van der Waals surface area (Å²) in [5, 5.41) is 7.29. The molecule has 2 aromatic carbocycles. The van der Waals surface area contributed by atoms with Crippen molar-refractivity contribution in [3.63, 3.8) is 0 Å². The molecule has 0 amide bonds. The van der Waals surface area contributed by atoms with Gasteiger partial charge in [-0.25, -0.2) is 8.78 Å². The summed E-state index contributed by atoms with van der Waals surface area (Å²) in [5.74, 6) is -0.959. The molecule has 0 heterocycles. The lowest BCUT2D eigenvalue weighted by molar-refractivity contribution is 0.595. The summed E-state index contributed by atoms with van der Waals surface area (Å²) in [6, 6.07) is 10.8. The number of nitrogens with zero attached hydrogens (tertiary/aromatic N) is 1. The summed E-state index contributed by atoms with van der Waals surface area (Å²) in [4.78, 5) is 1.75. The molecule has 0 radical (unpaired) electrons. The van der Waals surface area contributed by atoms with E-state index >= 15 is 0 Å². The van der Waals surface area contributed by atoms with Crippen LogP contribution in [-0.4, -0.2) is 12.4 Å². The van der Waals surface area contributed by atoms with Gasteiger partial charge in [-0.05, 0) is 25.1 Å². The first kappa shape index (κ1) is 15.0. The van der Waals surface area contributed by atoms with Gasteiger partial charge in [0.2, 0.25) is 0 Å². The molecule has 0 aliphatic rings. The molecule has 0 atom stereocenters. The Kier molecular flexibility index (Phi) is 4.52. The van der Waals surface area contributed by atoms with Crippen molar-refractivity contribution in [1.29, 1.82) is 5.41 Å². The summed E-state index contributed by atoms with van der Waals surface area (Å²) in [5.41, 5.74) is 6.54. The lowest BCUT2D eigenvalue weighted by Crippen LogP contribution is -2.24. The Morgan fingerprint density at radius 1 is 1.14 bits per heavy atom. The van der Waals surface area contributed by atoms with E-state index in [9.17, 15) is 8.78 Å². The van der Waals surface area contributed by atoms with Crippen LogP contribution in [0.15, 0.2) is 42.5 Å². The molecule has 0 bridgehead atoms. The number of anilines is 1. The maximum Gasteiger partial charge on any atom is 0.146 e. The number of benzene rings is 2. The average Bonchev–Trinajstić information content (AvgIpc) is 2.47. The number of amidine groups is 1. The molecule has 3 nitrogen and oxygen atoms in total. The molecule has 2 rings (SSSR count). The summed E-state index contributed by atoms with van der Waals surface area (Å²) in [6.07, 6.45) is 0. The summed E-state index contributed by atoms with van der Waals surface area (Å²) in [6.45, 7) is 2.69. The molecule has 0 spiro atoms. The molecule has 0 saturated carbocycles. The quantitative estimate of drug-likeness (QED) is 0.655. The van der Waals surface area contributed by atoms with E-state index in [0.29, 0.717) is 23.4 Å². The van der Waals surface area contributed by atoms with Crippen LogP contribution in [0.1, 0.15) is 18.1 Å². The predicted molar refractivity (Wildman–Crippen MR) is 80.5 cm³/mol. The molecule has 21 heavy (non-hydrogen) atoms. The molecule has 0 unspecified atom stereocenters. The van der Waals surface area contributed by atoms with Gasteiger partial charge in [0.05, 0.1) is 5.69 Å². The van der Waals surface area contributed by atoms with Gasteiger partial charge in [-0.3, -0.25) is 5.41 Å². The van der Waals surface area contributed by atoms with Crippen LogP contribution < -0.4 is 10.6 Å². The third-order valence-corrected chi connectivity index (χ3v) is 3.30. The molecular formula is C16H17F2N3. The fourth-order valence-corrected chi connectivity index (χ4v) is 2.12. The van der Waals surface area contributed by atoms with Gasteiger partial charge in [0.1, 0.15) is 17.5 Å². The van der Waals surface area contributed by atoms with Crippen LogP contribution in [0, 0.1) is 17.0 Å². The van der Waals surface area contributed by atoms with Gasteiger partial charge in [0.25, 0.3) is 0 Å². The van der Waals surface area contributed by atoms with Crippen molar-refractivity contribution in [2.75, 3.05) is 11.4 Å². The first-order valence-electron chi connectivity index (χ1n) is 6.65. The molecule has 3 N–H and O–H groups in total. The number of hydrogen-bond donors (Lipinski definition) is 2. The van der Waals surface area contributed by atoms with Crippen molar-refractivity contribution in [1.82, 2.24) is 0 Å². The van der Waals surface area contributed by atoms with Crippen LogP contribution in [0.25, 0.3) is 0 Å². The minimum Gasteiger partial charge on any atom is -0.384 e. The second kappa shape index (κ2) is 6.35. The van der Waals surface area contributed by atoms with E-state index in [1.165, 1.54) is 12.1 Å². The summed E-state index contributed by atoms with van der Waals surface area (Å²) < 4.78 is 27.9. The molecule has 0 saturated heterocycles. The van der Waals surface area contributed by atoms with E-state index in [1.807, 2.05) is 6.92 Å². The molecule has 5 heteroatoms. The van der Waals surface area contributed by atoms with Crippen molar-refractivity contribution in [2.24, 2.45) is 5.73 Å². The van der Waals surface area contributed by atoms with E-state index in [0.717, 1.165) is 0 Å². The predicted octanol–water partition coefficient (Wildman–Crippen LogP) is 3.28. The Morgan fingerprint density at radius 2 is 1.86 bits per heavy atom. The maximum absolute atomic E-state index is 14.1. The highest BCUT2D eigenvalue weighted by molar-refractivity contribution is 5.94. The van der Waals surface area contributed by atoms with Crippen LogP contribution in [0.5, 0.6) is 0 Å². The molecule has 0 aromatic heterocycles. The molecule has 110 valence electrons. The first-order chi connectivity index (χ1) is 10.0. The first-order valence-corrected chi connectivity index (χ1v) is 6.65. The Morgan fingerprint density at radius 3 is 2.43 bits per heavy atom. The number of rotatable bonds is 5. The number of halogens is 2. The number of hydrogen-bond acceptors (Lipinski definition) is 2. The minimum absolute atomic E-state index is 0.179. The SMILES string of the molecule is CCN(Cc1ccc(C(=N)N)cc1F)c1ccccc1F. The summed E-state index contributed by atoms with van der Waals surface area (Å²) >= 11 is 0. The van der Waals surface area contributed by atoms with E-state index in [-0.39, 0.29) is 18.2 Å². The van der Waals surface area contributed by atoms with Gasteiger partial charge in [-0.15, -0.1) is 0 Å². The van der Waals surface area contributed by atoms with E-state index in [4.69, 9.17) is 11.1 Å². The fourth-order valence-electron chi connectivity index (χ4n) is 2.12. The van der Waals surface area contributed by atoms with Crippen molar-refractivity contribution in [3.05, 3.63) is 65.2 Å². The van der Waals surface area contributed by atoms with Crippen LogP contribution in [0.3, 0.4) is 0 Å². The minimum atomic E-state index is -0.447. The zero-order chi connectivity index (χ0) is 15.4. The van der Waals surface area contributed by atoms with Gasteiger partial charge in [0.15, 0.2) is 0 Å². The van der Waals surface area contributed by atoms with Crippen LogP contribution in [0.2, 0.25) is 0 Å². The second-order valence-corrected chi connectivity index (χ2v) is 4.69. The number of nitrogens with two attached hydrogens (primary N) is 1. The normalized spacial score (nSPS) is 10.4. The smallest absolute Gasteiger partial charge is 0.146 e. The third kappa shape index (κ3) is 3.37. The average molecular weight is 289 g/mol. The monoisotopic (exact) mass is 289 g/mol. The number of para-hydroxylation sites is 1. The topological polar surface area (TPSA) is 53.1 Å². The van der Waals surface area contributed by atoms with Gasteiger partial charge in [-0.2, -0.15) is 0 Å². The van der Waals surface area contributed by atoms with Gasteiger partial charge in [0, 0.05) is 24.2 Å². The second-order valence-electron chi connectivity index (χ2n) is 4.69. The van der Waals surface area contributed by atoms with Crippen molar-refractivity contribution in [3.8, 4) is 0 Å². The van der Waals surface area contributed by atoms with Crippen molar-refractivity contribution < 1.29 is 8.78 Å². The zero-order valence-corrected chi connectivity index (χ0v) is 11.7. The Hall–Kier alpha value is -2.43. The largest absolute Gasteiger partial charge is 0.384 e. The van der Waals surface area contributed by atoms with E-state index in [1.54, 1.807) is 35.2 Å². The Bertz CT molecular complexity index is 656. The molecule has 0 aliphatic heterocycles. The Balaban J connectivity index is 2.27. The lowest BCUT2D eigenvalue weighted by Gasteiger charge is -2.24. The molecule has 0 fully saturated rings. The van der Waals surface area contributed by atoms with Gasteiger partial charge < -0.3 is 10.6 Å². The molecular weight excluding hydrogens is 272 g/mol. The maximum atomic E-state index is 14.1. The highest BCUT2D eigenvalue weighted by Crippen LogP contribution is 2.22. The number of nitrogens with one attached hydrogen (secondary N) is 1. The highest BCUT2D eigenvalue weighted by atomic mass is 19.1. The van der Waals surface area contributed by atoms with Gasteiger partial charge >= 0.3 is 0 Å². The Labute approximate surface area is 122 Å². The van der Waals surface area contributed by atoms with E-state index < -0.39 is 5.82 Å². The zero-order valence-electron chi connectivity index (χ0n) is 11.7. The summed E-state index contributed by atoms with van der Waals surface area (Å²) in [7, 11) is 0.